The van der Waals surface area contributed by atoms with Crippen LogP contribution in [0, 0.1) is 5.92 Å². The lowest BCUT2D eigenvalue weighted by atomic mass is 9.95. The van der Waals surface area contributed by atoms with Crippen molar-refractivity contribution < 1.29 is 5.11 Å². The highest BCUT2D eigenvalue weighted by atomic mass is 16.3. The van der Waals surface area contributed by atoms with E-state index in [1.165, 1.54) is 12.8 Å². The predicted octanol–water partition coefficient (Wildman–Crippen LogP) is 0.757. The normalized spacial score (nSPS) is 34.2. The Balaban J connectivity index is 2.13. The highest BCUT2D eigenvalue weighted by Crippen LogP contribution is 2.14. The third kappa shape index (κ3) is 2.27. The monoisotopic (exact) mass is 143 g/mol. The minimum atomic E-state index is 0.325. The molecule has 0 aromatic rings. The summed E-state index contributed by atoms with van der Waals surface area (Å²) >= 11 is 0. The topological polar surface area (TPSA) is 32.3 Å². The van der Waals surface area contributed by atoms with Crippen LogP contribution in [0.4, 0.5) is 0 Å². The van der Waals surface area contributed by atoms with Gasteiger partial charge in [-0.25, -0.2) is 0 Å². The van der Waals surface area contributed by atoms with E-state index in [2.05, 4.69) is 12.2 Å². The maximum Gasteiger partial charge on any atom is 0.0445 e. The fourth-order valence-corrected chi connectivity index (χ4v) is 1.46. The predicted molar refractivity (Wildman–Crippen MR) is 41.9 cm³/mol. The summed E-state index contributed by atoms with van der Waals surface area (Å²) in [5.41, 5.74) is 0. The molecule has 0 aromatic heterocycles. The van der Waals surface area contributed by atoms with Gasteiger partial charge in [-0.1, -0.05) is 6.92 Å². The lowest BCUT2D eigenvalue weighted by molar-refractivity contribution is 0.235. The molecule has 2 nitrogen and oxygen atoms in total. The maximum atomic E-state index is 8.64. The number of piperidine rings is 1. The summed E-state index contributed by atoms with van der Waals surface area (Å²) in [7, 11) is 0. The van der Waals surface area contributed by atoms with Gasteiger partial charge in [-0.15, -0.1) is 0 Å². The van der Waals surface area contributed by atoms with E-state index in [1.807, 2.05) is 0 Å². The summed E-state index contributed by atoms with van der Waals surface area (Å²) < 4.78 is 0. The summed E-state index contributed by atoms with van der Waals surface area (Å²) in [5.74, 6) is 0.829. The lowest BCUT2D eigenvalue weighted by Crippen LogP contribution is -2.38. The largest absolute Gasteiger partial charge is 0.396 e. The number of hydrogen-bond acceptors (Lipinski definition) is 2. The van der Waals surface area contributed by atoms with Gasteiger partial charge < -0.3 is 10.4 Å². The van der Waals surface area contributed by atoms with Gasteiger partial charge in [0.2, 0.25) is 0 Å². The first-order valence-corrected chi connectivity index (χ1v) is 4.17. The Labute approximate surface area is 62.6 Å². The lowest BCUT2D eigenvalue weighted by Gasteiger charge is -2.27. The van der Waals surface area contributed by atoms with Crippen molar-refractivity contribution >= 4 is 0 Å². The second kappa shape index (κ2) is 3.94. The molecule has 2 N–H and O–H groups in total. The van der Waals surface area contributed by atoms with Crippen molar-refractivity contribution in [3.63, 3.8) is 0 Å². The molecule has 60 valence electrons. The Hall–Kier alpha value is -0.0800. The van der Waals surface area contributed by atoms with Crippen molar-refractivity contribution in [2.24, 2.45) is 5.92 Å². The molecular formula is C8H17NO. The van der Waals surface area contributed by atoms with Gasteiger partial charge in [0.1, 0.15) is 0 Å². The van der Waals surface area contributed by atoms with E-state index < -0.39 is 0 Å². The average molecular weight is 143 g/mol. The van der Waals surface area contributed by atoms with Crippen molar-refractivity contribution in [1.82, 2.24) is 5.32 Å². The molecular weight excluding hydrogens is 126 g/mol. The quantitative estimate of drug-likeness (QED) is 0.598. The van der Waals surface area contributed by atoms with Crippen LogP contribution in [0.1, 0.15) is 26.2 Å². The van der Waals surface area contributed by atoms with Crippen molar-refractivity contribution in [3.05, 3.63) is 0 Å². The number of rotatable bonds is 2. The molecule has 0 bridgehead atoms. The first kappa shape index (κ1) is 8.02. The van der Waals surface area contributed by atoms with Crippen LogP contribution in [0.2, 0.25) is 0 Å². The molecule has 1 rings (SSSR count). The highest BCUT2D eigenvalue weighted by Gasteiger charge is 2.15. The summed E-state index contributed by atoms with van der Waals surface area (Å²) in [6.07, 6.45) is 3.48. The fraction of sp³-hybridized carbons (Fsp3) is 1.00. The molecule has 0 amide bonds. The molecule has 1 heterocycles. The highest BCUT2D eigenvalue weighted by molar-refractivity contribution is 4.74. The van der Waals surface area contributed by atoms with Crippen LogP contribution in [0.25, 0.3) is 0 Å². The zero-order valence-corrected chi connectivity index (χ0v) is 6.64. The molecule has 0 aromatic carbocycles. The summed E-state index contributed by atoms with van der Waals surface area (Å²) in [6.45, 7) is 3.72. The Kier molecular flexibility index (Phi) is 3.16. The van der Waals surface area contributed by atoms with E-state index in [0.29, 0.717) is 12.6 Å². The van der Waals surface area contributed by atoms with E-state index in [4.69, 9.17) is 5.11 Å². The molecule has 1 aliphatic heterocycles. The van der Waals surface area contributed by atoms with Gasteiger partial charge in [0.05, 0.1) is 0 Å². The third-order valence-corrected chi connectivity index (χ3v) is 2.24. The van der Waals surface area contributed by atoms with Gasteiger partial charge in [-0.2, -0.15) is 0 Å². The van der Waals surface area contributed by atoms with Gasteiger partial charge in [0, 0.05) is 12.6 Å². The van der Waals surface area contributed by atoms with E-state index in [1.54, 1.807) is 0 Å². The molecule has 1 aliphatic rings. The summed E-state index contributed by atoms with van der Waals surface area (Å²) in [5, 5.41) is 12.1. The smallest absolute Gasteiger partial charge is 0.0445 e. The van der Waals surface area contributed by atoms with Crippen molar-refractivity contribution in [2.45, 2.75) is 32.2 Å². The number of aliphatic hydroxyl groups is 1. The van der Waals surface area contributed by atoms with Crippen molar-refractivity contribution in [1.29, 1.82) is 0 Å². The van der Waals surface area contributed by atoms with Crippen LogP contribution >= 0.6 is 0 Å². The minimum Gasteiger partial charge on any atom is -0.396 e. The fourth-order valence-electron chi connectivity index (χ4n) is 1.46. The second-order valence-corrected chi connectivity index (χ2v) is 3.30. The van der Waals surface area contributed by atoms with E-state index in [0.717, 1.165) is 18.9 Å². The molecule has 1 fully saturated rings. The average Bonchev–Trinajstić information content (AvgIpc) is 1.95. The van der Waals surface area contributed by atoms with E-state index in [-0.39, 0.29) is 0 Å². The SMILES string of the molecule is C[C@@H]1CC[C@H](CCO)NC1. The third-order valence-electron chi connectivity index (χ3n) is 2.24. The van der Waals surface area contributed by atoms with Crippen LogP contribution in [-0.2, 0) is 0 Å². The van der Waals surface area contributed by atoms with Crippen LogP contribution in [0.3, 0.4) is 0 Å². The minimum absolute atomic E-state index is 0.325. The van der Waals surface area contributed by atoms with Crippen LogP contribution in [-0.4, -0.2) is 24.3 Å². The first-order chi connectivity index (χ1) is 4.83. The number of nitrogens with one attached hydrogen (secondary N) is 1. The standard InChI is InChI=1S/C8H17NO/c1-7-2-3-8(4-5-10)9-6-7/h7-10H,2-6H2,1H3/t7-,8-/m1/s1. The number of hydrogen-bond donors (Lipinski definition) is 2. The molecule has 0 saturated carbocycles. The Morgan fingerprint density at radius 2 is 2.30 bits per heavy atom. The van der Waals surface area contributed by atoms with Crippen LogP contribution < -0.4 is 5.32 Å². The molecule has 10 heavy (non-hydrogen) atoms. The van der Waals surface area contributed by atoms with Gasteiger partial charge in [-0.05, 0) is 31.7 Å². The summed E-state index contributed by atoms with van der Waals surface area (Å²) in [6, 6.07) is 0.584. The van der Waals surface area contributed by atoms with Gasteiger partial charge >= 0.3 is 0 Å². The van der Waals surface area contributed by atoms with Gasteiger partial charge in [0.15, 0.2) is 0 Å². The van der Waals surface area contributed by atoms with Gasteiger partial charge in [0.25, 0.3) is 0 Å². The van der Waals surface area contributed by atoms with E-state index >= 15 is 0 Å². The molecule has 0 radical (unpaired) electrons. The van der Waals surface area contributed by atoms with Crippen molar-refractivity contribution in [2.75, 3.05) is 13.2 Å². The number of aliphatic hydroxyl groups excluding tert-OH is 1. The molecule has 0 spiro atoms. The second-order valence-electron chi connectivity index (χ2n) is 3.30. The Morgan fingerprint density at radius 3 is 2.80 bits per heavy atom. The molecule has 2 atom stereocenters. The Morgan fingerprint density at radius 1 is 1.50 bits per heavy atom. The van der Waals surface area contributed by atoms with Crippen LogP contribution in [0.5, 0.6) is 0 Å². The zero-order valence-electron chi connectivity index (χ0n) is 6.64. The zero-order chi connectivity index (χ0) is 7.40. The molecule has 0 aliphatic carbocycles. The van der Waals surface area contributed by atoms with E-state index in [9.17, 15) is 0 Å². The Bertz CT molecular complexity index is 87.3. The summed E-state index contributed by atoms with van der Waals surface area (Å²) in [4.78, 5) is 0. The first-order valence-electron chi connectivity index (χ1n) is 4.17. The van der Waals surface area contributed by atoms with Gasteiger partial charge in [-0.3, -0.25) is 0 Å². The van der Waals surface area contributed by atoms with Crippen LogP contribution in [0.15, 0.2) is 0 Å². The van der Waals surface area contributed by atoms with Crippen molar-refractivity contribution in [3.8, 4) is 0 Å². The maximum absolute atomic E-state index is 8.64. The molecule has 1 saturated heterocycles. The molecule has 2 heteroatoms. The molecule has 0 unspecified atom stereocenters.